The van der Waals surface area contributed by atoms with Gasteiger partial charge in [0.15, 0.2) is 0 Å². The van der Waals surface area contributed by atoms with Gasteiger partial charge in [-0.3, -0.25) is 0 Å². The molecule has 130 valence electrons. The van der Waals surface area contributed by atoms with Crippen molar-refractivity contribution in [3.05, 3.63) is 78.4 Å². The molecule has 0 aliphatic carbocycles. The molecule has 1 aromatic heterocycles. The van der Waals surface area contributed by atoms with Gasteiger partial charge in [-0.15, -0.1) is 0 Å². The monoisotopic (exact) mass is 335 g/mol. The van der Waals surface area contributed by atoms with Crippen molar-refractivity contribution >= 4 is 0 Å². The third kappa shape index (κ3) is 4.70. The lowest BCUT2D eigenvalue weighted by atomic mass is 10.1. The van der Waals surface area contributed by atoms with Crippen molar-refractivity contribution in [3.63, 3.8) is 0 Å². The number of ether oxygens (including phenoxy) is 1. The third-order valence-electron chi connectivity index (χ3n) is 4.08. The number of aromatic nitrogens is 2. The maximum absolute atomic E-state index is 5.78. The first-order valence-corrected chi connectivity index (χ1v) is 8.69. The molecule has 3 rings (SSSR count). The van der Waals surface area contributed by atoms with Gasteiger partial charge < -0.3 is 14.6 Å². The zero-order chi connectivity index (χ0) is 17.6. The van der Waals surface area contributed by atoms with Gasteiger partial charge in [0.25, 0.3) is 0 Å². The van der Waals surface area contributed by atoms with Gasteiger partial charge in [0.1, 0.15) is 5.75 Å². The van der Waals surface area contributed by atoms with Crippen LogP contribution in [-0.4, -0.2) is 15.7 Å². The molecule has 0 fully saturated rings. The van der Waals surface area contributed by atoms with Crippen molar-refractivity contribution in [2.24, 2.45) is 0 Å². The Hall–Kier alpha value is -2.59. The highest BCUT2D eigenvalue weighted by Gasteiger charge is 2.07. The van der Waals surface area contributed by atoms with Gasteiger partial charge in [-0.25, -0.2) is 4.98 Å². The molecule has 25 heavy (non-hydrogen) atoms. The third-order valence-corrected chi connectivity index (χ3v) is 4.08. The minimum Gasteiger partial charge on any atom is -0.491 e. The molecule has 1 unspecified atom stereocenters. The molecular formula is C21H25N3O. The quantitative estimate of drug-likeness (QED) is 0.690. The van der Waals surface area contributed by atoms with E-state index in [1.54, 1.807) is 6.20 Å². The standard InChI is InChI=1S/C21H25N3O/c1-16(2)25-21-6-4-5-19(13-21)17(3)23-14-18-7-9-20(10-8-18)24-12-11-22-15-24/h4-13,15-17,23H,14H2,1-3H3. The zero-order valence-electron chi connectivity index (χ0n) is 15.0. The summed E-state index contributed by atoms with van der Waals surface area (Å²) in [4.78, 5) is 4.08. The van der Waals surface area contributed by atoms with E-state index in [2.05, 4.69) is 53.6 Å². The highest BCUT2D eigenvalue weighted by Crippen LogP contribution is 2.20. The molecule has 0 saturated heterocycles. The Morgan fingerprint density at radius 1 is 1.08 bits per heavy atom. The molecule has 0 radical (unpaired) electrons. The summed E-state index contributed by atoms with van der Waals surface area (Å²) in [6.45, 7) is 7.08. The van der Waals surface area contributed by atoms with Gasteiger partial charge in [0.05, 0.1) is 12.4 Å². The molecular weight excluding hydrogens is 310 g/mol. The van der Waals surface area contributed by atoms with E-state index in [-0.39, 0.29) is 12.1 Å². The normalized spacial score (nSPS) is 12.3. The van der Waals surface area contributed by atoms with Crippen molar-refractivity contribution in [2.45, 2.75) is 39.5 Å². The van der Waals surface area contributed by atoms with Crippen molar-refractivity contribution < 1.29 is 4.74 Å². The van der Waals surface area contributed by atoms with E-state index < -0.39 is 0 Å². The summed E-state index contributed by atoms with van der Waals surface area (Å²) in [5.74, 6) is 0.922. The minimum absolute atomic E-state index is 0.188. The lowest BCUT2D eigenvalue weighted by Gasteiger charge is -2.17. The van der Waals surface area contributed by atoms with E-state index in [9.17, 15) is 0 Å². The summed E-state index contributed by atoms with van der Waals surface area (Å²) in [7, 11) is 0. The Balaban J connectivity index is 1.59. The van der Waals surface area contributed by atoms with Crippen molar-refractivity contribution in [2.75, 3.05) is 0 Å². The Labute approximate surface area is 149 Å². The molecule has 0 aliphatic rings. The smallest absolute Gasteiger partial charge is 0.120 e. The largest absolute Gasteiger partial charge is 0.491 e. The van der Waals surface area contributed by atoms with Gasteiger partial charge in [0, 0.05) is 30.7 Å². The molecule has 0 aliphatic heterocycles. The number of benzene rings is 2. The SMILES string of the molecule is CC(C)Oc1cccc(C(C)NCc2ccc(-n3ccnc3)cc2)c1. The van der Waals surface area contributed by atoms with Crippen LogP contribution in [0.5, 0.6) is 5.75 Å². The second-order valence-electron chi connectivity index (χ2n) is 6.48. The minimum atomic E-state index is 0.188. The number of hydrogen-bond acceptors (Lipinski definition) is 3. The summed E-state index contributed by atoms with van der Waals surface area (Å²) in [5, 5.41) is 3.58. The van der Waals surface area contributed by atoms with Gasteiger partial charge in [-0.05, 0) is 56.2 Å². The maximum atomic E-state index is 5.78. The molecule has 4 heteroatoms. The molecule has 0 bridgehead atoms. The van der Waals surface area contributed by atoms with Gasteiger partial charge in [0.2, 0.25) is 0 Å². The van der Waals surface area contributed by atoms with Crippen molar-refractivity contribution in [3.8, 4) is 11.4 Å². The number of hydrogen-bond donors (Lipinski definition) is 1. The molecule has 0 spiro atoms. The zero-order valence-corrected chi connectivity index (χ0v) is 15.0. The van der Waals surface area contributed by atoms with Crippen LogP contribution >= 0.6 is 0 Å². The summed E-state index contributed by atoms with van der Waals surface area (Å²) < 4.78 is 7.78. The number of nitrogens with zero attached hydrogens (tertiary/aromatic N) is 2. The molecule has 0 amide bonds. The Kier molecular flexibility index (Phi) is 5.51. The Morgan fingerprint density at radius 2 is 1.88 bits per heavy atom. The Morgan fingerprint density at radius 3 is 2.56 bits per heavy atom. The van der Waals surface area contributed by atoms with E-state index >= 15 is 0 Å². The van der Waals surface area contributed by atoms with Crippen LogP contribution < -0.4 is 10.1 Å². The van der Waals surface area contributed by atoms with Crippen LogP contribution in [0.25, 0.3) is 5.69 Å². The number of nitrogens with one attached hydrogen (secondary N) is 1. The molecule has 1 atom stereocenters. The fraction of sp³-hybridized carbons (Fsp3) is 0.286. The molecule has 2 aromatic carbocycles. The van der Waals surface area contributed by atoms with Crippen LogP contribution in [0.15, 0.2) is 67.3 Å². The maximum Gasteiger partial charge on any atom is 0.120 e. The van der Waals surface area contributed by atoms with Crippen LogP contribution in [0.4, 0.5) is 0 Å². The van der Waals surface area contributed by atoms with Crippen LogP contribution in [0.3, 0.4) is 0 Å². The summed E-state index contributed by atoms with van der Waals surface area (Å²) in [6, 6.07) is 17.1. The first kappa shape index (κ1) is 17.2. The fourth-order valence-electron chi connectivity index (χ4n) is 2.72. The van der Waals surface area contributed by atoms with E-state index in [0.29, 0.717) is 0 Å². The second-order valence-corrected chi connectivity index (χ2v) is 6.48. The molecule has 3 aromatic rings. The predicted molar refractivity (Wildman–Crippen MR) is 101 cm³/mol. The molecule has 0 saturated carbocycles. The second kappa shape index (κ2) is 7.99. The van der Waals surface area contributed by atoms with Crippen LogP contribution in [0.1, 0.15) is 37.9 Å². The topological polar surface area (TPSA) is 39.1 Å². The average molecular weight is 335 g/mol. The predicted octanol–water partition coefficient (Wildman–Crippen LogP) is 4.51. The van der Waals surface area contributed by atoms with Crippen molar-refractivity contribution in [1.29, 1.82) is 0 Å². The van der Waals surface area contributed by atoms with Crippen molar-refractivity contribution in [1.82, 2.24) is 14.9 Å². The van der Waals surface area contributed by atoms with Crippen LogP contribution in [-0.2, 0) is 6.54 Å². The summed E-state index contributed by atoms with van der Waals surface area (Å²) in [6.07, 6.45) is 5.73. The van der Waals surface area contributed by atoms with E-state index in [1.165, 1.54) is 11.1 Å². The number of imidazole rings is 1. The fourth-order valence-corrected chi connectivity index (χ4v) is 2.72. The van der Waals surface area contributed by atoms with Gasteiger partial charge in [-0.1, -0.05) is 24.3 Å². The van der Waals surface area contributed by atoms with E-state index in [4.69, 9.17) is 4.74 Å². The lowest BCUT2D eigenvalue weighted by molar-refractivity contribution is 0.242. The van der Waals surface area contributed by atoms with Gasteiger partial charge in [-0.2, -0.15) is 0 Å². The Bertz CT molecular complexity index is 779. The summed E-state index contributed by atoms with van der Waals surface area (Å²) in [5.41, 5.74) is 3.60. The molecule has 4 nitrogen and oxygen atoms in total. The van der Waals surface area contributed by atoms with Crippen LogP contribution in [0.2, 0.25) is 0 Å². The molecule has 1 heterocycles. The summed E-state index contributed by atoms with van der Waals surface area (Å²) >= 11 is 0. The van der Waals surface area contributed by atoms with E-state index in [0.717, 1.165) is 18.0 Å². The van der Waals surface area contributed by atoms with Crippen LogP contribution in [0, 0.1) is 0 Å². The highest BCUT2D eigenvalue weighted by atomic mass is 16.5. The van der Waals surface area contributed by atoms with Gasteiger partial charge >= 0.3 is 0 Å². The first-order chi connectivity index (χ1) is 12.1. The molecule has 1 N–H and O–H groups in total. The highest BCUT2D eigenvalue weighted by molar-refractivity contribution is 5.35. The first-order valence-electron chi connectivity index (χ1n) is 8.69. The van der Waals surface area contributed by atoms with E-state index in [1.807, 2.05) is 43.1 Å². The average Bonchev–Trinajstić information content (AvgIpc) is 3.14. The number of rotatable bonds is 7. The lowest BCUT2D eigenvalue weighted by Crippen LogP contribution is -2.18.